The summed E-state index contributed by atoms with van der Waals surface area (Å²) in [6.07, 6.45) is 4.49. The van der Waals surface area contributed by atoms with Gasteiger partial charge in [-0.1, -0.05) is 6.92 Å². The number of hydrogen-bond donors (Lipinski definition) is 2. The third kappa shape index (κ3) is 4.34. The van der Waals surface area contributed by atoms with Crippen molar-refractivity contribution in [1.82, 2.24) is 0 Å². The zero-order valence-corrected chi connectivity index (χ0v) is 16.0. The van der Waals surface area contributed by atoms with Crippen molar-refractivity contribution in [3.05, 3.63) is 40.2 Å². The number of anilines is 1. The van der Waals surface area contributed by atoms with Crippen LogP contribution in [0.15, 0.2) is 22.8 Å². The van der Waals surface area contributed by atoms with Crippen LogP contribution >= 0.6 is 11.3 Å². The minimum atomic E-state index is -0.339. The molecular weight excluding hydrogens is 352 g/mol. The van der Waals surface area contributed by atoms with Gasteiger partial charge >= 0.3 is 5.97 Å². The summed E-state index contributed by atoms with van der Waals surface area (Å²) in [6, 6.07) is 3.70. The Hall–Kier alpha value is -2.12. The average Bonchev–Trinajstić information content (AvgIpc) is 3.22. The molecular formula is C19H25N2O4S+. The van der Waals surface area contributed by atoms with E-state index in [0.29, 0.717) is 29.6 Å². The molecule has 26 heavy (non-hydrogen) atoms. The van der Waals surface area contributed by atoms with Crippen LogP contribution in [0.4, 0.5) is 5.00 Å². The molecule has 1 atom stereocenters. The number of amides is 1. The molecule has 0 aliphatic heterocycles. The maximum Gasteiger partial charge on any atom is 0.341 e. The number of esters is 1. The molecule has 1 unspecified atom stereocenters. The molecule has 7 heteroatoms. The van der Waals surface area contributed by atoms with Crippen molar-refractivity contribution in [1.29, 1.82) is 0 Å². The van der Waals surface area contributed by atoms with E-state index >= 15 is 0 Å². The molecule has 0 aromatic carbocycles. The highest BCUT2D eigenvalue weighted by atomic mass is 32.1. The third-order valence-corrected chi connectivity index (χ3v) is 5.67. The van der Waals surface area contributed by atoms with Crippen molar-refractivity contribution >= 4 is 28.2 Å². The van der Waals surface area contributed by atoms with E-state index in [1.165, 1.54) is 16.2 Å². The Morgan fingerprint density at radius 1 is 1.46 bits per heavy atom. The SMILES string of the molecule is CCOC(=O)c1c(NC(=O)C[NH2+]Cc2ccco2)sc2c1CCC(C)C2. The number of carbonyl (C=O) groups excluding carboxylic acids is 2. The van der Waals surface area contributed by atoms with Crippen LogP contribution in [0.2, 0.25) is 0 Å². The standard InChI is InChI=1S/C19H24N2O4S/c1-3-24-19(23)17-14-7-6-12(2)9-15(14)26-18(17)21-16(22)11-20-10-13-5-4-8-25-13/h4-5,8,12,20H,3,6-7,9-11H2,1-2H3,(H,21,22)/p+1. The van der Waals surface area contributed by atoms with Crippen molar-refractivity contribution in [2.45, 2.75) is 39.7 Å². The molecule has 0 saturated heterocycles. The number of ether oxygens (including phenoxy) is 1. The fourth-order valence-electron chi connectivity index (χ4n) is 3.21. The first kappa shape index (κ1) is 18.7. The quantitative estimate of drug-likeness (QED) is 0.726. The summed E-state index contributed by atoms with van der Waals surface area (Å²) in [6.45, 7) is 5.20. The van der Waals surface area contributed by atoms with Gasteiger partial charge in [-0.05, 0) is 49.8 Å². The van der Waals surface area contributed by atoms with E-state index in [9.17, 15) is 9.59 Å². The van der Waals surface area contributed by atoms with Gasteiger partial charge in [0.25, 0.3) is 5.91 Å². The topological polar surface area (TPSA) is 85.1 Å². The van der Waals surface area contributed by atoms with Crippen LogP contribution in [0.5, 0.6) is 0 Å². The van der Waals surface area contributed by atoms with E-state index in [-0.39, 0.29) is 18.4 Å². The number of carbonyl (C=O) groups is 2. The highest BCUT2D eigenvalue weighted by molar-refractivity contribution is 7.17. The van der Waals surface area contributed by atoms with E-state index in [1.54, 1.807) is 13.2 Å². The van der Waals surface area contributed by atoms with Gasteiger partial charge in [-0.25, -0.2) is 4.79 Å². The van der Waals surface area contributed by atoms with E-state index in [1.807, 2.05) is 17.4 Å². The molecule has 0 saturated carbocycles. The number of thiophene rings is 1. The Balaban J connectivity index is 1.69. The lowest BCUT2D eigenvalue weighted by molar-refractivity contribution is -0.661. The number of fused-ring (bicyclic) bond motifs is 1. The smallest absolute Gasteiger partial charge is 0.341 e. The van der Waals surface area contributed by atoms with Crippen molar-refractivity contribution in [2.24, 2.45) is 5.92 Å². The fraction of sp³-hybridized carbons (Fsp3) is 0.474. The first-order valence-corrected chi connectivity index (χ1v) is 9.85. The Kier molecular flexibility index (Phi) is 6.11. The third-order valence-electron chi connectivity index (χ3n) is 4.50. The summed E-state index contributed by atoms with van der Waals surface area (Å²) < 4.78 is 10.5. The molecule has 1 aliphatic rings. The number of nitrogens with one attached hydrogen (secondary N) is 1. The van der Waals surface area contributed by atoms with Gasteiger partial charge in [0.05, 0.1) is 18.4 Å². The van der Waals surface area contributed by atoms with Crippen molar-refractivity contribution < 1.29 is 24.1 Å². The predicted octanol–water partition coefficient (Wildman–Crippen LogP) is 2.34. The molecule has 3 N–H and O–H groups in total. The molecule has 6 nitrogen and oxygen atoms in total. The number of rotatable bonds is 7. The summed E-state index contributed by atoms with van der Waals surface area (Å²) >= 11 is 1.51. The van der Waals surface area contributed by atoms with Crippen LogP contribution in [0.3, 0.4) is 0 Å². The second-order valence-corrected chi connectivity index (χ2v) is 7.71. The highest BCUT2D eigenvalue weighted by Crippen LogP contribution is 2.40. The van der Waals surface area contributed by atoms with Gasteiger partial charge in [0.15, 0.2) is 12.3 Å². The van der Waals surface area contributed by atoms with Crippen molar-refractivity contribution in [3.8, 4) is 0 Å². The van der Waals surface area contributed by atoms with Gasteiger partial charge < -0.3 is 19.8 Å². The number of nitrogens with two attached hydrogens (primary N) is 1. The van der Waals surface area contributed by atoms with E-state index in [4.69, 9.17) is 9.15 Å². The van der Waals surface area contributed by atoms with Crippen LogP contribution in [-0.4, -0.2) is 25.0 Å². The van der Waals surface area contributed by atoms with Crippen LogP contribution in [0.25, 0.3) is 0 Å². The van der Waals surface area contributed by atoms with Crippen LogP contribution < -0.4 is 10.6 Å². The summed E-state index contributed by atoms with van der Waals surface area (Å²) in [5.74, 6) is 0.954. The summed E-state index contributed by atoms with van der Waals surface area (Å²) in [5.41, 5.74) is 1.61. The Labute approximate surface area is 156 Å². The van der Waals surface area contributed by atoms with Gasteiger partial charge in [-0.2, -0.15) is 0 Å². The van der Waals surface area contributed by atoms with Crippen molar-refractivity contribution in [2.75, 3.05) is 18.5 Å². The van der Waals surface area contributed by atoms with E-state index in [0.717, 1.165) is 30.6 Å². The molecule has 0 spiro atoms. The number of quaternary nitrogens is 1. The maximum atomic E-state index is 12.4. The number of hydrogen-bond acceptors (Lipinski definition) is 5. The minimum Gasteiger partial charge on any atom is -0.463 e. The second kappa shape index (κ2) is 8.51. The van der Waals surface area contributed by atoms with Crippen LogP contribution in [0, 0.1) is 5.92 Å². The minimum absolute atomic E-state index is 0.131. The van der Waals surface area contributed by atoms with Crippen LogP contribution in [0.1, 0.15) is 46.8 Å². The Bertz CT molecular complexity index is 767. The molecule has 1 amide bonds. The first-order chi connectivity index (χ1) is 12.6. The monoisotopic (exact) mass is 377 g/mol. The molecule has 0 fully saturated rings. The molecule has 3 rings (SSSR count). The molecule has 2 heterocycles. The largest absolute Gasteiger partial charge is 0.463 e. The Morgan fingerprint density at radius 3 is 3.04 bits per heavy atom. The lowest BCUT2D eigenvalue weighted by Crippen LogP contribution is -2.84. The maximum absolute atomic E-state index is 12.4. The van der Waals surface area contributed by atoms with Gasteiger partial charge in [0.2, 0.25) is 0 Å². The normalized spacial score (nSPS) is 16.2. The predicted molar refractivity (Wildman–Crippen MR) is 99.3 cm³/mol. The molecule has 1 aliphatic carbocycles. The first-order valence-electron chi connectivity index (χ1n) is 9.04. The summed E-state index contributed by atoms with van der Waals surface area (Å²) in [4.78, 5) is 26.0. The summed E-state index contributed by atoms with van der Waals surface area (Å²) in [7, 11) is 0. The lowest BCUT2D eigenvalue weighted by Gasteiger charge is -2.18. The van der Waals surface area contributed by atoms with Crippen LogP contribution in [-0.2, 0) is 28.9 Å². The van der Waals surface area contributed by atoms with Gasteiger partial charge in [0.1, 0.15) is 11.5 Å². The number of furan rings is 1. The zero-order valence-electron chi connectivity index (χ0n) is 15.2. The molecule has 140 valence electrons. The van der Waals surface area contributed by atoms with Gasteiger partial charge in [0, 0.05) is 4.88 Å². The molecule has 2 aromatic heterocycles. The van der Waals surface area contributed by atoms with Gasteiger partial charge in [-0.15, -0.1) is 11.3 Å². The molecule has 0 radical (unpaired) electrons. The second-order valence-electron chi connectivity index (χ2n) is 6.60. The summed E-state index contributed by atoms with van der Waals surface area (Å²) in [5, 5.41) is 5.41. The highest BCUT2D eigenvalue weighted by Gasteiger charge is 2.29. The van der Waals surface area contributed by atoms with E-state index < -0.39 is 0 Å². The average molecular weight is 377 g/mol. The zero-order chi connectivity index (χ0) is 18.5. The molecule has 0 bridgehead atoms. The van der Waals surface area contributed by atoms with Gasteiger partial charge in [-0.3, -0.25) is 4.79 Å². The van der Waals surface area contributed by atoms with E-state index in [2.05, 4.69) is 12.2 Å². The lowest BCUT2D eigenvalue weighted by atomic mass is 9.88. The Morgan fingerprint density at radius 2 is 2.31 bits per heavy atom. The fourth-order valence-corrected chi connectivity index (χ4v) is 4.62. The van der Waals surface area contributed by atoms with Crippen molar-refractivity contribution in [3.63, 3.8) is 0 Å². The molecule has 2 aromatic rings.